The summed E-state index contributed by atoms with van der Waals surface area (Å²) in [4.78, 5) is 120. The molecular weight excluding hydrogens is 1130 g/mol. The van der Waals surface area contributed by atoms with Crippen LogP contribution in [0.4, 0.5) is 64.1 Å². The van der Waals surface area contributed by atoms with Gasteiger partial charge >= 0.3 is 36.6 Å². The minimum Gasteiger partial charge on any atom is -0.507 e. The molecule has 0 bridgehead atoms. The fourth-order valence-electron chi connectivity index (χ4n) is 7.66. The molecule has 432 valence electrons. The summed E-state index contributed by atoms with van der Waals surface area (Å²) in [7, 11) is 0. The number of halogens is 12. The molecule has 81 heavy (non-hydrogen) atoms. The lowest BCUT2D eigenvalue weighted by atomic mass is 9.81. The third-order valence-electron chi connectivity index (χ3n) is 11.5. The number of phenols is 1. The number of alkyl halides is 12. The standard InChI is InChI=1S/C14H10F3NO5.C14H9F3O3.C8H4F3NO4.C8H5F3O3.C6H8O2/c15-14(16,17)8-5-4-7(6-9(8)18(22)23)13(21)12-10(19)2-1-3-11(12)20;15-14(16,17)7-4-5-8-11(6-7)20-10-3-1-2-9(18)12(10)13(8)19;9-8(10,11)4-1-2-5(7(13)14)6(3-4)12(15)16;9-8(10,11)4-1-2-5(7(13)14)6(12)3-4;7-5-2-1-3-6(8)4-5/h4-6,12H,1-3H2;4-6H,1-3H2;1-3H,(H,13,14);1-3,12H,(H,13,14);1-4H2. The van der Waals surface area contributed by atoms with E-state index in [0.717, 1.165) is 30.7 Å². The molecule has 1 heterocycles. The van der Waals surface area contributed by atoms with Crippen molar-refractivity contribution in [3.8, 4) is 5.75 Å². The zero-order chi connectivity index (χ0) is 61.3. The number of aromatic carboxylic acids is 2. The highest BCUT2D eigenvalue weighted by Gasteiger charge is 2.42. The molecule has 0 radical (unpaired) electrons. The number of nitro benzene ring substituents is 2. The molecule has 3 N–H and O–H groups in total. The Balaban J connectivity index is 0.000000225. The van der Waals surface area contributed by atoms with Gasteiger partial charge in [-0.15, -0.1) is 0 Å². The van der Waals surface area contributed by atoms with Gasteiger partial charge in [0.05, 0.1) is 38.3 Å². The van der Waals surface area contributed by atoms with E-state index in [-0.39, 0.29) is 71.4 Å². The van der Waals surface area contributed by atoms with Crippen LogP contribution in [0.3, 0.4) is 0 Å². The number of aryl methyl sites for hydroxylation is 1. The summed E-state index contributed by atoms with van der Waals surface area (Å²) in [5.74, 6) is -7.73. The summed E-state index contributed by atoms with van der Waals surface area (Å²) in [6.45, 7) is 0. The van der Waals surface area contributed by atoms with E-state index in [1.165, 1.54) is 0 Å². The quantitative estimate of drug-likeness (QED) is 0.0468. The first-order chi connectivity index (χ1) is 37.3. The highest BCUT2D eigenvalue weighted by Crippen LogP contribution is 2.38. The van der Waals surface area contributed by atoms with E-state index in [1.807, 2.05) is 0 Å². The first-order valence-electron chi connectivity index (χ1n) is 22.8. The number of carbonyl (C=O) groups is 8. The molecule has 5 aromatic rings. The minimum absolute atomic E-state index is 0.00648. The molecule has 0 amide bonds. The fraction of sp³-hybridized carbons (Fsp3) is 0.300. The first-order valence-corrected chi connectivity index (χ1v) is 22.8. The highest BCUT2D eigenvalue weighted by molar-refractivity contribution is 6.25. The van der Waals surface area contributed by atoms with Crippen LogP contribution < -0.4 is 5.43 Å². The van der Waals surface area contributed by atoms with Crippen LogP contribution in [0.5, 0.6) is 5.75 Å². The highest BCUT2D eigenvalue weighted by atomic mass is 19.4. The predicted octanol–water partition coefficient (Wildman–Crippen LogP) is 11.2. The molecule has 31 heteroatoms. The number of carboxylic acid groups (broad SMARTS) is 2. The lowest BCUT2D eigenvalue weighted by Gasteiger charge is -2.18. The molecule has 0 spiro atoms. The van der Waals surface area contributed by atoms with Gasteiger partial charge in [-0.25, -0.2) is 9.59 Å². The SMILES string of the molecule is O=C(O)c1ccc(C(F)(F)F)cc1O.O=C(O)c1ccc(C(F)(F)F)cc1[N+](=O)[O-].O=C1CCCC(=O)C1.O=C1CCCC(=O)C1C(=O)c1ccc(C(F)(F)F)c([N+](=O)[O-])c1.O=C1CCCc2oc3cc(C(F)(F)F)ccc3c(=O)c21. The van der Waals surface area contributed by atoms with Crippen molar-refractivity contribution in [3.05, 3.63) is 154 Å². The number of fused-ring (bicyclic) bond motifs is 2. The predicted molar refractivity (Wildman–Crippen MR) is 248 cm³/mol. The van der Waals surface area contributed by atoms with Crippen molar-refractivity contribution < 1.29 is 121 Å². The van der Waals surface area contributed by atoms with Gasteiger partial charge in [-0.3, -0.25) is 53.8 Å². The van der Waals surface area contributed by atoms with Crippen molar-refractivity contribution in [2.75, 3.05) is 0 Å². The molecule has 3 aliphatic rings. The van der Waals surface area contributed by atoms with Gasteiger partial charge in [-0.2, -0.15) is 52.7 Å². The lowest BCUT2D eigenvalue weighted by molar-refractivity contribution is -0.388. The number of carbonyl (C=O) groups excluding carboxylic acids is 6. The maximum absolute atomic E-state index is 12.7. The van der Waals surface area contributed by atoms with Crippen molar-refractivity contribution in [1.29, 1.82) is 0 Å². The molecule has 0 aliphatic heterocycles. The second kappa shape index (κ2) is 25.7. The molecule has 19 nitrogen and oxygen atoms in total. The third-order valence-corrected chi connectivity index (χ3v) is 11.5. The minimum atomic E-state index is -4.96. The van der Waals surface area contributed by atoms with Gasteiger partial charge in [0.2, 0.25) is 5.43 Å². The van der Waals surface area contributed by atoms with Crippen LogP contribution in [0.25, 0.3) is 11.0 Å². The van der Waals surface area contributed by atoms with Gasteiger partial charge in [0.15, 0.2) is 23.1 Å². The van der Waals surface area contributed by atoms with Gasteiger partial charge in [-0.05, 0) is 73.9 Å². The molecule has 1 aromatic heterocycles. The largest absolute Gasteiger partial charge is 0.507 e. The van der Waals surface area contributed by atoms with E-state index in [1.54, 1.807) is 0 Å². The summed E-state index contributed by atoms with van der Waals surface area (Å²) in [6, 6.07) is 7.22. The van der Waals surface area contributed by atoms with E-state index >= 15 is 0 Å². The van der Waals surface area contributed by atoms with Gasteiger partial charge < -0.3 is 19.7 Å². The van der Waals surface area contributed by atoms with Crippen molar-refractivity contribution >= 4 is 69.0 Å². The number of benzene rings is 4. The van der Waals surface area contributed by atoms with Gasteiger partial charge in [0.1, 0.15) is 56.8 Å². The van der Waals surface area contributed by atoms with Crippen LogP contribution in [0.15, 0.2) is 82.0 Å². The van der Waals surface area contributed by atoms with Crippen molar-refractivity contribution in [2.45, 2.75) is 88.9 Å². The number of hydrogen-bond donors (Lipinski definition) is 3. The zero-order valence-corrected chi connectivity index (χ0v) is 40.6. The number of aromatic hydroxyl groups is 1. The van der Waals surface area contributed by atoms with E-state index in [4.69, 9.17) is 19.7 Å². The van der Waals surface area contributed by atoms with Crippen LogP contribution in [0, 0.1) is 26.1 Å². The van der Waals surface area contributed by atoms with Crippen molar-refractivity contribution in [2.24, 2.45) is 5.92 Å². The molecule has 0 atom stereocenters. The fourth-order valence-corrected chi connectivity index (χ4v) is 7.66. The maximum atomic E-state index is 12.7. The number of Topliss-reactive ketones (excluding diaryl/α,β-unsaturated/α-hetero) is 6. The number of rotatable bonds is 6. The Labute approximate surface area is 443 Å². The summed E-state index contributed by atoms with van der Waals surface area (Å²) in [5.41, 5.74) is -9.57. The Morgan fingerprint density at radius 3 is 1.47 bits per heavy atom. The summed E-state index contributed by atoms with van der Waals surface area (Å²) in [5, 5.41) is 47.1. The number of carboxylic acids is 2. The van der Waals surface area contributed by atoms with E-state index < -0.39 is 131 Å². The van der Waals surface area contributed by atoms with Crippen LogP contribution >= 0.6 is 0 Å². The smallest absolute Gasteiger partial charge is 0.422 e. The summed E-state index contributed by atoms with van der Waals surface area (Å²) >= 11 is 0. The second-order valence-electron chi connectivity index (χ2n) is 17.2. The Hall–Kier alpha value is -9.19. The zero-order valence-electron chi connectivity index (χ0n) is 40.6. The Morgan fingerprint density at radius 2 is 1.01 bits per heavy atom. The van der Waals surface area contributed by atoms with Gasteiger partial charge in [0.25, 0.3) is 11.4 Å². The van der Waals surface area contributed by atoms with Crippen LogP contribution in [-0.2, 0) is 50.3 Å². The Kier molecular flexibility index (Phi) is 20.4. The van der Waals surface area contributed by atoms with Crippen molar-refractivity contribution in [1.82, 2.24) is 0 Å². The van der Waals surface area contributed by atoms with Crippen LogP contribution in [0.2, 0.25) is 0 Å². The van der Waals surface area contributed by atoms with Gasteiger partial charge in [-0.1, -0.05) is 6.07 Å². The first kappa shape index (κ1) is 64.3. The number of ketones is 6. The average molecular weight is 1160 g/mol. The van der Waals surface area contributed by atoms with E-state index in [2.05, 4.69) is 0 Å². The topological polar surface area (TPSA) is 314 Å². The molecule has 2 fully saturated rings. The summed E-state index contributed by atoms with van der Waals surface area (Å²) in [6.07, 6.45) is -15.0. The van der Waals surface area contributed by atoms with Crippen LogP contribution in [0.1, 0.15) is 127 Å². The monoisotopic (exact) mass is 1160 g/mol. The molecule has 0 unspecified atom stereocenters. The molecule has 2 saturated carbocycles. The number of nitrogens with zero attached hydrogens (tertiary/aromatic N) is 2. The Bertz CT molecular complexity index is 3390. The van der Waals surface area contributed by atoms with Gasteiger partial charge in [0, 0.05) is 56.2 Å². The normalized spacial score (nSPS) is 14.8. The number of nitro groups is 2. The molecular formula is C50H36F12N2O17. The maximum Gasteiger partial charge on any atom is 0.422 e. The molecule has 0 saturated heterocycles. The lowest BCUT2D eigenvalue weighted by Crippen LogP contribution is -2.35. The average Bonchev–Trinajstić information content (AvgIpc) is 3.52. The van der Waals surface area contributed by atoms with Crippen molar-refractivity contribution in [3.63, 3.8) is 0 Å². The molecule has 8 rings (SSSR count). The molecule has 4 aromatic carbocycles. The van der Waals surface area contributed by atoms with E-state index in [9.17, 15) is 116 Å². The third kappa shape index (κ3) is 16.9. The summed E-state index contributed by atoms with van der Waals surface area (Å²) < 4.78 is 154. The molecule has 3 aliphatic carbocycles. The number of hydrogen-bond acceptors (Lipinski definition) is 15. The van der Waals surface area contributed by atoms with E-state index in [0.29, 0.717) is 74.6 Å². The Morgan fingerprint density at radius 1 is 0.543 bits per heavy atom. The van der Waals surface area contributed by atoms with Crippen LogP contribution in [-0.4, -0.2) is 71.8 Å². The second-order valence-corrected chi connectivity index (χ2v) is 17.2.